The molecule has 0 spiro atoms. The third kappa shape index (κ3) is 4.16. The molecule has 1 aromatic carbocycles. The Labute approximate surface area is 135 Å². The van der Waals surface area contributed by atoms with Crippen LogP contribution in [-0.2, 0) is 6.54 Å². The quantitative estimate of drug-likeness (QED) is 0.874. The monoisotopic (exact) mass is 305 g/mol. The summed E-state index contributed by atoms with van der Waals surface area (Å²) in [6, 6.07) is 6.69. The molecular formula is C19H31NO2. The van der Waals surface area contributed by atoms with Gasteiger partial charge in [0.15, 0.2) is 11.5 Å². The van der Waals surface area contributed by atoms with Crippen molar-refractivity contribution in [3.8, 4) is 11.5 Å². The highest BCUT2D eigenvalue weighted by Gasteiger charge is 2.29. The second kappa shape index (κ2) is 7.36. The van der Waals surface area contributed by atoms with Gasteiger partial charge in [-0.2, -0.15) is 0 Å². The number of para-hydroxylation sites is 1. The average Bonchev–Trinajstić information content (AvgIpc) is 2.51. The van der Waals surface area contributed by atoms with Crippen LogP contribution in [0.15, 0.2) is 18.2 Å². The van der Waals surface area contributed by atoms with E-state index in [1.54, 1.807) is 14.2 Å². The van der Waals surface area contributed by atoms with E-state index in [9.17, 15) is 0 Å². The van der Waals surface area contributed by atoms with Crippen LogP contribution in [0.2, 0.25) is 0 Å². The topological polar surface area (TPSA) is 30.5 Å². The van der Waals surface area contributed by atoms with Crippen molar-refractivity contribution in [3.05, 3.63) is 23.8 Å². The lowest BCUT2D eigenvalue weighted by atomic mass is 9.71. The van der Waals surface area contributed by atoms with E-state index in [4.69, 9.17) is 9.47 Å². The first kappa shape index (κ1) is 17.1. The fraction of sp³-hybridized carbons (Fsp3) is 0.684. The lowest BCUT2D eigenvalue weighted by molar-refractivity contribution is 0.159. The third-order valence-corrected chi connectivity index (χ3v) is 5.02. The zero-order chi connectivity index (χ0) is 16.2. The van der Waals surface area contributed by atoms with Gasteiger partial charge in [-0.1, -0.05) is 32.9 Å². The van der Waals surface area contributed by atoms with Crippen LogP contribution in [0.3, 0.4) is 0 Å². The van der Waals surface area contributed by atoms with Crippen LogP contribution in [-0.4, -0.2) is 20.3 Å². The van der Waals surface area contributed by atoms with E-state index in [1.165, 1.54) is 31.2 Å². The van der Waals surface area contributed by atoms with Crippen molar-refractivity contribution in [2.45, 2.75) is 59.0 Å². The Morgan fingerprint density at radius 2 is 1.73 bits per heavy atom. The summed E-state index contributed by atoms with van der Waals surface area (Å²) in [6.07, 6.45) is 5.20. The first-order valence-corrected chi connectivity index (χ1v) is 8.39. The van der Waals surface area contributed by atoms with E-state index in [0.717, 1.165) is 24.0 Å². The number of nitrogens with one attached hydrogen (secondary N) is 1. The highest BCUT2D eigenvalue weighted by molar-refractivity contribution is 5.46. The predicted molar refractivity (Wildman–Crippen MR) is 91.6 cm³/mol. The van der Waals surface area contributed by atoms with Crippen LogP contribution in [0.5, 0.6) is 11.5 Å². The van der Waals surface area contributed by atoms with Gasteiger partial charge in [-0.05, 0) is 43.1 Å². The van der Waals surface area contributed by atoms with Crippen molar-refractivity contribution in [2.75, 3.05) is 14.2 Å². The fourth-order valence-corrected chi connectivity index (χ4v) is 3.51. The minimum absolute atomic E-state index is 0.445. The minimum atomic E-state index is 0.445. The van der Waals surface area contributed by atoms with Gasteiger partial charge in [0.25, 0.3) is 0 Å². The van der Waals surface area contributed by atoms with E-state index in [-0.39, 0.29) is 0 Å². The van der Waals surface area contributed by atoms with Crippen molar-refractivity contribution in [1.29, 1.82) is 0 Å². The van der Waals surface area contributed by atoms with Gasteiger partial charge in [-0.3, -0.25) is 0 Å². The van der Waals surface area contributed by atoms with Crippen LogP contribution in [0.4, 0.5) is 0 Å². The molecule has 124 valence electrons. The summed E-state index contributed by atoms with van der Waals surface area (Å²) in [7, 11) is 3.39. The Bertz CT molecular complexity index is 471. The molecule has 0 radical (unpaired) electrons. The molecule has 3 nitrogen and oxygen atoms in total. The predicted octanol–water partition coefficient (Wildman–Crippen LogP) is 4.40. The van der Waals surface area contributed by atoms with Crippen LogP contribution < -0.4 is 14.8 Å². The molecule has 0 atom stereocenters. The molecule has 3 heteroatoms. The van der Waals surface area contributed by atoms with E-state index in [0.29, 0.717) is 11.5 Å². The highest BCUT2D eigenvalue weighted by Crippen LogP contribution is 2.38. The summed E-state index contributed by atoms with van der Waals surface area (Å²) in [6.45, 7) is 7.94. The lowest BCUT2D eigenvalue weighted by Gasteiger charge is -2.37. The van der Waals surface area contributed by atoms with Crippen molar-refractivity contribution >= 4 is 0 Å². The van der Waals surface area contributed by atoms with E-state index in [1.807, 2.05) is 12.1 Å². The maximum atomic E-state index is 5.50. The van der Waals surface area contributed by atoms with Crippen molar-refractivity contribution in [3.63, 3.8) is 0 Å². The Morgan fingerprint density at radius 1 is 1.05 bits per heavy atom. The number of hydrogen-bond donors (Lipinski definition) is 1. The van der Waals surface area contributed by atoms with Crippen LogP contribution in [0.25, 0.3) is 0 Å². The van der Waals surface area contributed by atoms with Gasteiger partial charge in [0, 0.05) is 18.2 Å². The standard InChI is InChI=1S/C19H31NO2/c1-19(2,3)15-9-11-16(12-10-15)20-13-14-7-6-8-17(21-4)18(14)22-5/h6-8,15-16,20H,9-13H2,1-5H3. The third-order valence-electron chi connectivity index (χ3n) is 5.02. The molecule has 1 N–H and O–H groups in total. The summed E-state index contributed by atoms with van der Waals surface area (Å²) < 4.78 is 10.9. The lowest BCUT2D eigenvalue weighted by Crippen LogP contribution is -2.35. The van der Waals surface area contributed by atoms with E-state index in [2.05, 4.69) is 32.2 Å². The van der Waals surface area contributed by atoms with Crippen molar-refractivity contribution in [2.24, 2.45) is 11.3 Å². The largest absolute Gasteiger partial charge is 0.493 e. The Kier molecular flexibility index (Phi) is 5.74. The molecule has 1 aliphatic rings. The van der Waals surface area contributed by atoms with E-state index < -0.39 is 0 Å². The molecule has 1 fully saturated rings. The van der Waals surface area contributed by atoms with Gasteiger partial charge in [-0.25, -0.2) is 0 Å². The SMILES string of the molecule is COc1cccc(CNC2CCC(C(C)(C)C)CC2)c1OC. The van der Waals surface area contributed by atoms with Crippen molar-refractivity contribution < 1.29 is 9.47 Å². The Hall–Kier alpha value is -1.22. The minimum Gasteiger partial charge on any atom is -0.493 e. The number of ether oxygens (including phenoxy) is 2. The first-order valence-electron chi connectivity index (χ1n) is 8.39. The molecule has 0 aromatic heterocycles. The zero-order valence-corrected chi connectivity index (χ0v) is 14.7. The maximum absolute atomic E-state index is 5.50. The molecule has 22 heavy (non-hydrogen) atoms. The van der Waals surface area contributed by atoms with Crippen LogP contribution in [0.1, 0.15) is 52.0 Å². The van der Waals surface area contributed by atoms with Gasteiger partial charge in [0.2, 0.25) is 0 Å². The summed E-state index contributed by atoms with van der Waals surface area (Å²) in [5, 5.41) is 3.70. The number of hydrogen-bond acceptors (Lipinski definition) is 3. The Balaban J connectivity index is 1.90. The Morgan fingerprint density at radius 3 is 2.27 bits per heavy atom. The highest BCUT2D eigenvalue weighted by atomic mass is 16.5. The summed E-state index contributed by atoms with van der Waals surface area (Å²) in [5.74, 6) is 2.51. The van der Waals surface area contributed by atoms with Gasteiger partial charge in [0.05, 0.1) is 14.2 Å². The summed E-state index contributed by atoms with van der Waals surface area (Å²) >= 11 is 0. The van der Waals surface area contributed by atoms with E-state index >= 15 is 0 Å². The number of rotatable bonds is 5. The number of benzene rings is 1. The molecule has 0 amide bonds. The molecule has 1 aliphatic carbocycles. The van der Waals surface area contributed by atoms with Crippen LogP contribution >= 0.6 is 0 Å². The molecular weight excluding hydrogens is 274 g/mol. The molecule has 1 saturated carbocycles. The molecule has 0 saturated heterocycles. The normalized spacial score (nSPS) is 22.4. The molecule has 2 rings (SSSR count). The van der Waals surface area contributed by atoms with Crippen LogP contribution in [0, 0.1) is 11.3 Å². The van der Waals surface area contributed by atoms with Gasteiger partial charge < -0.3 is 14.8 Å². The first-order chi connectivity index (χ1) is 10.5. The summed E-state index contributed by atoms with van der Waals surface area (Å²) in [4.78, 5) is 0. The van der Waals surface area contributed by atoms with Gasteiger partial charge in [-0.15, -0.1) is 0 Å². The smallest absolute Gasteiger partial charge is 0.165 e. The molecule has 1 aromatic rings. The second-order valence-corrected chi connectivity index (χ2v) is 7.45. The number of methoxy groups -OCH3 is 2. The van der Waals surface area contributed by atoms with Crippen molar-refractivity contribution in [1.82, 2.24) is 5.32 Å². The van der Waals surface area contributed by atoms with Gasteiger partial charge >= 0.3 is 0 Å². The fourth-order valence-electron chi connectivity index (χ4n) is 3.51. The maximum Gasteiger partial charge on any atom is 0.165 e. The van der Waals surface area contributed by atoms with Gasteiger partial charge in [0.1, 0.15) is 0 Å². The average molecular weight is 305 g/mol. The molecule has 0 bridgehead atoms. The molecule has 0 unspecified atom stereocenters. The summed E-state index contributed by atoms with van der Waals surface area (Å²) in [5.41, 5.74) is 1.61. The molecule has 0 aliphatic heterocycles. The second-order valence-electron chi connectivity index (χ2n) is 7.45. The zero-order valence-electron chi connectivity index (χ0n) is 14.7. The molecule has 0 heterocycles.